The molecule has 2 bridgehead atoms. The lowest BCUT2D eigenvalue weighted by atomic mass is 9.64. The summed E-state index contributed by atoms with van der Waals surface area (Å²) < 4.78 is 14.9. The van der Waals surface area contributed by atoms with Crippen LogP contribution in [0, 0.1) is 24.6 Å². The van der Waals surface area contributed by atoms with Crippen LogP contribution in [0.3, 0.4) is 0 Å². The van der Waals surface area contributed by atoms with Crippen molar-refractivity contribution in [1.29, 1.82) is 0 Å². The summed E-state index contributed by atoms with van der Waals surface area (Å²) in [6.07, 6.45) is 7.27. The first-order chi connectivity index (χ1) is 14.6. The van der Waals surface area contributed by atoms with Crippen LogP contribution in [0.2, 0.25) is 0 Å². The second-order valence-electron chi connectivity index (χ2n) is 9.48. The minimum absolute atomic E-state index is 0.0975. The molecule has 0 unspecified atom stereocenters. The number of piperidine rings is 1. The van der Waals surface area contributed by atoms with Gasteiger partial charge in [0.1, 0.15) is 11.4 Å². The third-order valence-corrected chi connectivity index (χ3v) is 7.63. The van der Waals surface area contributed by atoms with Crippen LogP contribution in [0.4, 0.5) is 10.1 Å². The molecule has 3 fully saturated rings. The van der Waals surface area contributed by atoms with Gasteiger partial charge in [-0.15, -0.1) is 0 Å². The summed E-state index contributed by atoms with van der Waals surface area (Å²) in [5.74, 6) is 0.252. The van der Waals surface area contributed by atoms with E-state index in [1.54, 1.807) is 12.3 Å². The van der Waals surface area contributed by atoms with E-state index in [0.717, 1.165) is 87.3 Å². The van der Waals surface area contributed by atoms with E-state index in [2.05, 4.69) is 21.7 Å². The monoisotopic (exact) mass is 409 g/mol. The predicted molar refractivity (Wildman–Crippen MR) is 117 cm³/mol. The van der Waals surface area contributed by atoms with Crippen molar-refractivity contribution in [2.24, 2.45) is 11.8 Å². The largest absolute Gasteiger partial charge is 0.383 e. The molecule has 2 saturated heterocycles. The topological polar surface area (TPSA) is 39.6 Å². The molecular formula is C25H32FN3O. The van der Waals surface area contributed by atoms with Crippen LogP contribution in [0.1, 0.15) is 48.9 Å². The summed E-state index contributed by atoms with van der Waals surface area (Å²) in [5, 5.41) is 11.7. The Hall–Kier alpha value is -1.98. The Balaban J connectivity index is 1.36. The van der Waals surface area contributed by atoms with Crippen molar-refractivity contribution in [2.45, 2.75) is 51.2 Å². The van der Waals surface area contributed by atoms with Crippen LogP contribution in [0.15, 0.2) is 36.5 Å². The molecule has 0 amide bonds. The van der Waals surface area contributed by atoms with Crippen LogP contribution in [-0.4, -0.2) is 41.2 Å². The molecular weight excluding hydrogens is 377 g/mol. The Morgan fingerprint density at radius 2 is 1.83 bits per heavy atom. The molecule has 2 atom stereocenters. The van der Waals surface area contributed by atoms with Crippen molar-refractivity contribution in [1.82, 2.24) is 9.88 Å². The molecule has 0 radical (unpaired) electrons. The Labute approximate surface area is 178 Å². The lowest BCUT2D eigenvalue weighted by Crippen LogP contribution is -2.58. The lowest BCUT2D eigenvalue weighted by Gasteiger charge is -2.52. The smallest absolute Gasteiger partial charge is 0.146 e. The molecule has 1 N–H and O–H groups in total. The normalized spacial score (nSPS) is 29.4. The van der Waals surface area contributed by atoms with Gasteiger partial charge in [0.15, 0.2) is 0 Å². The summed E-state index contributed by atoms with van der Waals surface area (Å²) in [4.78, 5) is 9.11. The number of hydrogen-bond donors (Lipinski definition) is 1. The van der Waals surface area contributed by atoms with E-state index in [1.165, 1.54) is 0 Å². The molecule has 0 spiro atoms. The number of nitrogens with zero attached hydrogens (tertiary/aromatic N) is 3. The summed E-state index contributed by atoms with van der Waals surface area (Å²) in [5.41, 5.74) is 2.96. The van der Waals surface area contributed by atoms with E-state index in [0.29, 0.717) is 0 Å². The average molecular weight is 410 g/mol. The van der Waals surface area contributed by atoms with E-state index in [9.17, 15) is 9.50 Å². The van der Waals surface area contributed by atoms with Gasteiger partial charge in [-0.25, -0.2) is 4.39 Å². The minimum atomic E-state index is -0.837. The Morgan fingerprint density at radius 1 is 1.10 bits per heavy atom. The summed E-state index contributed by atoms with van der Waals surface area (Å²) in [6.45, 7) is 6.42. The Kier molecular flexibility index (Phi) is 5.28. The number of hydrogen-bond acceptors (Lipinski definition) is 4. The highest BCUT2D eigenvalue weighted by atomic mass is 19.1. The Morgan fingerprint density at radius 3 is 2.50 bits per heavy atom. The molecule has 2 aliphatic heterocycles. The lowest BCUT2D eigenvalue weighted by molar-refractivity contribution is -0.151. The molecule has 1 aromatic heterocycles. The van der Waals surface area contributed by atoms with Gasteiger partial charge in [0.25, 0.3) is 0 Å². The van der Waals surface area contributed by atoms with Crippen LogP contribution < -0.4 is 4.90 Å². The van der Waals surface area contributed by atoms with Crippen LogP contribution in [-0.2, 0) is 12.1 Å². The number of pyridine rings is 1. The highest BCUT2D eigenvalue weighted by Crippen LogP contribution is 2.48. The van der Waals surface area contributed by atoms with Gasteiger partial charge in [0.05, 0.1) is 11.4 Å². The first kappa shape index (κ1) is 20.0. The van der Waals surface area contributed by atoms with Gasteiger partial charge >= 0.3 is 0 Å². The minimum Gasteiger partial charge on any atom is -0.383 e. The van der Waals surface area contributed by atoms with Gasteiger partial charge in [-0.3, -0.25) is 9.88 Å². The van der Waals surface area contributed by atoms with Gasteiger partial charge in [-0.05, 0) is 68.0 Å². The standard InChI is InChI=1S/C25H32FN3O/c1-18-13-23(29-11-4-5-12-29)22(26)14-19(18)15-28-16-20-7-6-8-21(17-28)25(20,30)24-9-2-3-10-27-24/h2-3,9-10,13-14,20-21,30H,4-8,11-12,15-17H2,1H3/t20-,21-/m1/s1. The molecule has 1 aromatic carbocycles. The quantitative estimate of drug-likeness (QED) is 0.820. The van der Waals surface area contributed by atoms with E-state index in [4.69, 9.17) is 0 Å². The van der Waals surface area contributed by atoms with Crippen LogP contribution in [0.25, 0.3) is 0 Å². The zero-order valence-corrected chi connectivity index (χ0v) is 17.9. The molecule has 2 aromatic rings. The van der Waals surface area contributed by atoms with Crippen molar-refractivity contribution >= 4 is 5.69 Å². The molecule has 30 heavy (non-hydrogen) atoms. The first-order valence-electron chi connectivity index (χ1n) is 11.5. The molecule has 3 heterocycles. The SMILES string of the molecule is Cc1cc(N2CCCC2)c(F)cc1CN1C[C@H]2CCC[C@H](C1)C2(O)c1ccccn1. The number of aromatic nitrogens is 1. The van der Waals surface area contributed by atoms with Crippen molar-refractivity contribution in [3.63, 3.8) is 0 Å². The fourth-order valence-electron chi connectivity index (χ4n) is 6.01. The van der Waals surface area contributed by atoms with Crippen molar-refractivity contribution in [3.05, 3.63) is 59.2 Å². The van der Waals surface area contributed by atoms with Gasteiger partial charge in [-0.1, -0.05) is 12.5 Å². The van der Waals surface area contributed by atoms with Gasteiger partial charge < -0.3 is 10.0 Å². The summed E-state index contributed by atoms with van der Waals surface area (Å²) in [7, 11) is 0. The van der Waals surface area contributed by atoms with E-state index < -0.39 is 5.60 Å². The maximum absolute atomic E-state index is 14.9. The maximum Gasteiger partial charge on any atom is 0.146 e. The number of anilines is 1. The third kappa shape index (κ3) is 3.42. The average Bonchev–Trinajstić information content (AvgIpc) is 3.26. The molecule has 4 nitrogen and oxygen atoms in total. The number of likely N-dealkylation sites (tertiary alicyclic amines) is 1. The van der Waals surface area contributed by atoms with E-state index in [1.807, 2.05) is 24.3 Å². The fourth-order valence-corrected chi connectivity index (χ4v) is 6.01. The van der Waals surface area contributed by atoms with E-state index >= 15 is 0 Å². The second kappa shape index (κ2) is 7.93. The zero-order valence-electron chi connectivity index (χ0n) is 17.9. The number of benzene rings is 1. The fraction of sp³-hybridized carbons (Fsp3) is 0.560. The number of aliphatic hydroxyl groups is 1. The molecule has 3 aliphatic rings. The number of aryl methyl sites for hydroxylation is 1. The van der Waals surface area contributed by atoms with E-state index in [-0.39, 0.29) is 17.7 Å². The van der Waals surface area contributed by atoms with Crippen molar-refractivity contribution in [3.8, 4) is 0 Å². The number of rotatable bonds is 4. The van der Waals surface area contributed by atoms with Crippen LogP contribution >= 0.6 is 0 Å². The van der Waals surface area contributed by atoms with Gasteiger partial charge in [0, 0.05) is 50.8 Å². The first-order valence-corrected chi connectivity index (χ1v) is 11.5. The summed E-state index contributed by atoms with van der Waals surface area (Å²) in [6, 6.07) is 9.62. The highest BCUT2D eigenvalue weighted by molar-refractivity contribution is 5.53. The number of fused-ring (bicyclic) bond motifs is 2. The van der Waals surface area contributed by atoms with Gasteiger partial charge in [0.2, 0.25) is 0 Å². The van der Waals surface area contributed by atoms with Crippen LogP contribution in [0.5, 0.6) is 0 Å². The zero-order chi connectivity index (χ0) is 20.7. The molecule has 160 valence electrons. The van der Waals surface area contributed by atoms with Gasteiger partial charge in [-0.2, -0.15) is 0 Å². The molecule has 1 aliphatic carbocycles. The molecule has 1 saturated carbocycles. The number of halogens is 1. The predicted octanol–water partition coefficient (Wildman–Crippen LogP) is 4.25. The second-order valence-corrected chi connectivity index (χ2v) is 9.48. The Bertz CT molecular complexity index is 883. The third-order valence-electron chi connectivity index (χ3n) is 7.63. The maximum atomic E-state index is 14.9. The molecule has 5 rings (SSSR count). The summed E-state index contributed by atoms with van der Waals surface area (Å²) >= 11 is 0. The highest BCUT2D eigenvalue weighted by Gasteiger charge is 2.52. The molecule has 5 heteroatoms. The van der Waals surface area contributed by atoms with Crippen molar-refractivity contribution < 1.29 is 9.50 Å². The van der Waals surface area contributed by atoms with Crippen molar-refractivity contribution in [2.75, 3.05) is 31.1 Å².